The number of ketones is 1. The van der Waals surface area contributed by atoms with Gasteiger partial charge in [-0.25, -0.2) is 4.79 Å². The predicted molar refractivity (Wildman–Crippen MR) is 110 cm³/mol. The largest absolute Gasteiger partial charge is 0.490 e. The maximum Gasteiger partial charge on any atom is 0.344 e. The van der Waals surface area contributed by atoms with Gasteiger partial charge in [0, 0.05) is 5.56 Å². The van der Waals surface area contributed by atoms with Gasteiger partial charge in [0.15, 0.2) is 12.4 Å². The first-order chi connectivity index (χ1) is 14.2. The van der Waals surface area contributed by atoms with Crippen LogP contribution in [0.15, 0.2) is 12.1 Å². The predicted octanol–water partition coefficient (Wildman–Crippen LogP) is 2.16. The second-order valence-corrected chi connectivity index (χ2v) is 7.95. The maximum absolute atomic E-state index is 12.1. The van der Waals surface area contributed by atoms with Crippen LogP contribution in [-0.4, -0.2) is 66.1 Å². The fourth-order valence-electron chi connectivity index (χ4n) is 2.56. The number of rotatable bonds is 15. The summed E-state index contributed by atoms with van der Waals surface area (Å²) in [5.74, 6) is 0.193. The standard InChI is InChI=1S/C20H30O9S/c1-5-7-17-18(28-14-19(22)26-6-2)9-8-16(15(3)21)20(17)27-12-10-25-11-13-29-30(4,23)24/h8-9H,5-7,10-14H2,1-4H3. The van der Waals surface area contributed by atoms with E-state index in [2.05, 4.69) is 4.18 Å². The van der Waals surface area contributed by atoms with E-state index in [0.29, 0.717) is 29.0 Å². The number of carbonyl (C=O) groups excluding carboxylic acids is 2. The van der Waals surface area contributed by atoms with Crippen molar-refractivity contribution in [3.05, 3.63) is 23.3 Å². The number of ether oxygens (including phenoxy) is 4. The lowest BCUT2D eigenvalue weighted by Gasteiger charge is -2.18. The molecule has 0 N–H and O–H groups in total. The van der Waals surface area contributed by atoms with Gasteiger partial charge in [0.2, 0.25) is 0 Å². The van der Waals surface area contributed by atoms with Crippen molar-refractivity contribution in [2.24, 2.45) is 0 Å². The molecule has 0 aliphatic carbocycles. The molecule has 0 saturated heterocycles. The van der Waals surface area contributed by atoms with Crippen LogP contribution >= 0.6 is 0 Å². The zero-order chi connectivity index (χ0) is 22.6. The lowest BCUT2D eigenvalue weighted by Crippen LogP contribution is -2.17. The minimum Gasteiger partial charge on any atom is -0.490 e. The van der Waals surface area contributed by atoms with E-state index >= 15 is 0 Å². The Bertz CT molecular complexity index is 803. The molecule has 0 radical (unpaired) electrons. The van der Waals surface area contributed by atoms with Gasteiger partial charge in [-0.1, -0.05) is 13.3 Å². The molecule has 0 aliphatic rings. The second-order valence-electron chi connectivity index (χ2n) is 6.31. The maximum atomic E-state index is 12.1. The van der Waals surface area contributed by atoms with Gasteiger partial charge in [-0.05, 0) is 32.4 Å². The topological polar surface area (TPSA) is 114 Å². The number of Topliss-reactive ketones (excluding diaryl/α,β-unsaturated/α-hetero) is 1. The molecular formula is C20H30O9S. The van der Waals surface area contributed by atoms with Crippen LogP contribution in [0.3, 0.4) is 0 Å². The highest BCUT2D eigenvalue weighted by Crippen LogP contribution is 2.34. The number of hydrogen-bond donors (Lipinski definition) is 0. The highest BCUT2D eigenvalue weighted by molar-refractivity contribution is 7.85. The Balaban J connectivity index is 2.83. The number of esters is 1. The molecule has 0 amide bonds. The van der Waals surface area contributed by atoms with E-state index in [4.69, 9.17) is 18.9 Å². The Labute approximate surface area is 177 Å². The Morgan fingerprint density at radius 3 is 2.30 bits per heavy atom. The third-order valence-electron chi connectivity index (χ3n) is 3.75. The third kappa shape index (κ3) is 9.55. The van der Waals surface area contributed by atoms with Crippen LogP contribution in [0.25, 0.3) is 0 Å². The second kappa shape index (κ2) is 13.2. The van der Waals surface area contributed by atoms with Crippen molar-refractivity contribution < 1.29 is 41.1 Å². The summed E-state index contributed by atoms with van der Waals surface area (Å²) in [7, 11) is -3.50. The fourth-order valence-corrected chi connectivity index (χ4v) is 2.93. The highest BCUT2D eigenvalue weighted by atomic mass is 32.2. The molecule has 0 fully saturated rings. The van der Waals surface area contributed by atoms with Crippen LogP contribution in [0.2, 0.25) is 0 Å². The van der Waals surface area contributed by atoms with E-state index in [0.717, 1.165) is 12.7 Å². The smallest absolute Gasteiger partial charge is 0.344 e. The Hall–Kier alpha value is -2.17. The minimum absolute atomic E-state index is 0.0838. The van der Waals surface area contributed by atoms with E-state index < -0.39 is 16.1 Å². The van der Waals surface area contributed by atoms with Crippen molar-refractivity contribution in [1.82, 2.24) is 0 Å². The summed E-state index contributed by atoms with van der Waals surface area (Å²) >= 11 is 0. The first-order valence-corrected chi connectivity index (χ1v) is 11.5. The summed E-state index contributed by atoms with van der Waals surface area (Å²) in [5.41, 5.74) is 1.09. The normalized spacial score (nSPS) is 11.2. The van der Waals surface area contributed by atoms with Gasteiger partial charge in [0.1, 0.15) is 18.1 Å². The van der Waals surface area contributed by atoms with Gasteiger partial charge >= 0.3 is 5.97 Å². The van der Waals surface area contributed by atoms with Gasteiger partial charge in [0.05, 0.1) is 38.2 Å². The van der Waals surface area contributed by atoms with Crippen LogP contribution in [-0.2, 0) is 35.0 Å². The average Bonchev–Trinajstić information content (AvgIpc) is 2.66. The first kappa shape index (κ1) is 25.9. The average molecular weight is 447 g/mol. The summed E-state index contributed by atoms with van der Waals surface area (Å²) in [6.07, 6.45) is 2.32. The van der Waals surface area contributed by atoms with Crippen molar-refractivity contribution in [2.45, 2.75) is 33.6 Å². The molecule has 30 heavy (non-hydrogen) atoms. The molecule has 0 unspecified atom stereocenters. The fraction of sp³-hybridized carbons (Fsp3) is 0.600. The molecule has 1 aromatic carbocycles. The molecular weight excluding hydrogens is 416 g/mol. The molecule has 0 aromatic heterocycles. The molecule has 1 aromatic rings. The van der Waals surface area contributed by atoms with E-state index in [-0.39, 0.29) is 45.4 Å². The molecule has 1 rings (SSSR count). The van der Waals surface area contributed by atoms with Gasteiger partial charge < -0.3 is 18.9 Å². The summed E-state index contributed by atoms with van der Waals surface area (Å²) < 4.78 is 48.0. The quantitative estimate of drug-likeness (QED) is 0.173. The van der Waals surface area contributed by atoms with E-state index in [1.807, 2.05) is 6.92 Å². The Morgan fingerprint density at radius 1 is 1.00 bits per heavy atom. The molecule has 0 aliphatic heterocycles. The van der Waals surface area contributed by atoms with Crippen LogP contribution in [0.5, 0.6) is 11.5 Å². The Kier molecular flexibility index (Phi) is 11.4. The zero-order valence-electron chi connectivity index (χ0n) is 17.9. The first-order valence-electron chi connectivity index (χ1n) is 9.69. The Morgan fingerprint density at radius 2 is 1.70 bits per heavy atom. The van der Waals surface area contributed by atoms with Crippen LogP contribution < -0.4 is 9.47 Å². The minimum atomic E-state index is -3.50. The highest BCUT2D eigenvalue weighted by Gasteiger charge is 2.19. The van der Waals surface area contributed by atoms with Crippen LogP contribution in [0.4, 0.5) is 0 Å². The van der Waals surface area contributed by atoms with Crippen molar-refractivity contribution in [2.75, 3.05) is 45.9 Å². The summed E-state index contributed by atoms with van der Waals surface area (Å²) in [6, 6.07) is 3.24. The third-order valence-corrected chi connectivity index (χ3v) is 4.34. The number of benzene rings is 1. The number of carbonyl (C=O) groups is 2. The summed E-state index contributed by atoms with van der Waals surface area (Å²) in [5, 5.41) is 0. The molecule has 0 spiro atoms. The molecule has 0 bridgehead atoms. The lowest BCUT2D eigenvalue weighted by molar-refractivity contribution is -0.145. The SMILES string of the molecule is CCCc1c(OCC(=O)OCC)ccc(C(C)=O)c1OCCOCCOS(C)(=O)=O. The van der Waals surface area contributed by atoms with Crippen molar-refractivity contribution in [3.8, 4) is 11.5 Å². The molecule has 170 valence electrons. The van der Waals surface area contributed by atoms with E-state index in [1.54, 1.807) is 19.1 Å². The van der Waals surface area contributed by atoms with Gasteiger partial charge in [-0.3, -0.25) is 8.98 Å². The zero-order valence-corrected chi connectivity index (χ0v) is 18.7. The molecule has 10 heteroatoms. The molecule has 0 heterocycles. The van der Waals surface area contributed by atoms with Crippen LogP contribution in [0.1, 0.15) is 43.1 Å². The summed E-state index contributed by atoms with van der Waals surface area (Å²) in [6.45, 7) is 5.45. The van der Waals surface area contributed by atoms with Gasteiger partial charge in [0.25, 0.3) is 10.1 Å². The molecule has 0 saturated carbocycles. The van der Waals surface area contributed by atoms with Crippen molar-refractivity contribution in [1.29, 1.82) is 0 Å². The van der Waals surface area contributed by atoms with Gasteiger partial charge in [-0.15, -0.1) is 0 Å². The van der Waals surface area contributed by atoms with Crippen molar-refractivity contribution >= 4 is 21.9 Å². The number of hydrogen-bond acceptors (Lipinski definition) is 9. The monoisotopic (exact) mass is 446 g/mol. The van der Waals surface area contributed by atoms with Crippen molar-refractivity contribution in [3.63, 3.8) is 0 Å². The van der Waals surface area contributed by atoms with Crippen LogP contribution in [0, 0.1) is 0 Å². The molecule has 0 atom stereocenters. The van der Waals surface area contributed by atoms with E-state index in [9.17, 15) is 18.0 Å². The lowest BCUT2D eigenvalue weighted by atomic mass is 10.0. The van der Waals surface area contributed by atoms with E-state index in [1.165, 1.54) is 6.92 Å². The summed E-state index contributed by atoms with van der Waals surface area (Å²) in [4.78, 5) is 23.7. The molecule has 9 nitrogen and oxygen atoms in total. The van der Waals surface area contributed by atoms with Gasteiger partial charge in [-0.2, -0.15) is 8.42 Å².